The van der Waals surface area contributed by atoms with E-state index in [0.717, 1.165) is 15.0 Å². The van der Waals surface area contributed by atoms with Gasteiger partial charge in [-0.05, 0) is 18.4 Å². The minimum absolute atomic E-state index is 0.0708. The molecule has 0 radical (unpaired) electrons. The molecule has 2 heterocycles. The molecule has 0 spiro atoms. The Labute approximate surface area is 133 Å². The summed E-state index contributed by atoms with van der Waals surface area (Å²) in [4.78, 5) is 17.9. The molecule has 1 atom stereocenters. The molecule has 1 amide bonds. The number of hydrogen-bond acceptors (Lipinski definition) is 3. The Hall–Kier alpha value is -1.39. The second-order valence-electron chi connectivity index (χ2n) is 6.48. The van der Waals surface area contributed by atoms with E-state index in [1.54, 1.807) is 11.3 Å². The number of benzene rings is 1. The number of halogens is 1. The van der Waals surface area contributed by atoms with Crippen molar-refractivity contribution in [1.82, 2.24) is 5.32 Å². The minimum atomic E-state index is -0.776. The molecule has 0 saturated carbocycles. The van der Waals surface area contributed by atoms with Crippen molar-refractivity contribution in [2.75, 3.05) is 0 Å². The van der Waals surface area contributed by atoms with Gasteiger partial charge >= 0.3 is 0 Å². The van der Waals surface area contributed by atoms with Gasteiger partial charge in [-0.2, -0.15) is 0 Å². The van der Waals surface area contributed by atoms with E-state index in [2.05, 4.69) is 10.3 Å². The lowest BCUT2D eigenvalue weighted by Gasteiger charge is -2.32. The van der Waals surface area contributed by atoms with Gasteiger partial charge in [0.25, 0.3) is 5.91 Å². The second-order valence-corrected chi connectivity index (χ2v) is 7.91. The number of carbonyl (C=O) groups is 1. The Bertz CT molecular complexity index is 772. The number of carbonyl (C=O) groups excluding carboxylic acids is 1. The molecule has 1 aromatic carbocycles. The smallest absolute Gasteiger partial charge is 0.253 e. The number of amidine groups is 1. The fourth-order valence-electron chi connectivity index (χ4n) is 2.31. The van der Waals surface area contributed by atoms with Crippen molar-refractivity contribution in [2.45, 2.75) is 33.2 Å². The van der Waals surface area contributed by atoms with Crippen molar-refractivity contribution in [3.8, 4) is 0 Å². The topological polar surface area (TPSA) is 41.5 Å². The van der Waals surface area contributed by atoms with E-state index in [4.69, 9.17) is 11.6 Å². The van der Waals surface area contributed by atoms with Crippen LogP contribution in [0.1, 0.15) is 32.6 Å². The normalized spacial score (nSPS) is 22.5. The van der Waals surface area contributed by atoms with Crippen molar-refractivity contribution in [2.24, 2.45) is 10.4 Å². The lowest BCUT2D eigenvalue weighted by atomic mass is 9.75. The monoisotopic (exact) mass is 320 g/mol. The van der Waals surface area contributed by atoms with Gasteiger partial charge in [0.05, 0.1) is 9.90 Å². The number of nitrogens with one attached hydrogen (secondary N) is 1. The molecule has 2 aromatic rings. The zero-order chi connectivity index (χ0) is 15.4. The summed E-state index contributed by atoms with van der Waals surface area (Å²) in [5.74, 6) is 0.516. The van der Waals surface area contributed by atoms with Crippen molar-refractivity contribution in [1.29, 1.82) is 0 Å². The number of amides is 1. The first-order chi connectivity index (χ1) is 9.74. The molecule has 1 unspecified atom stereocenters. The Morgan fingerprint density at radius 2 is 1.95 bits per heavy atom. The molecule has 110 valence electrons. The van der Waals surface area contributed by atoms with Crippen LogP contribution >= 0.6 is 22.9 Å². The highest BCUT2D eigenvalue weighted by atomic mass is 35.5. The zero-order valence-corrected chi connectivity index (χ0v) is 14.0. The maximum Gasteiger partial charge on any atom is 0.253 e. The summed E-state index contributed by atoms with van der Waals surface area (Å²) in [6.07, 6.45) is 0. The Morgan fingerprint density at radius 3 is 2.52 bits per heavy atom. The summed E-state index contributed by atoms with van der Waals surface area (Å²) in [6.45, 7) is 7.93. The molecule has 0 fully saturated rings. The van der Waals surface area contributed by atoms with Gasteiger partial charge in [-0.1, -0.05) is 50.6 Å². The van der Waals surface area contributed by atoms with Gasteiger partial charge in [0.1, 0.15) is 11.4 Å². The van der Waals surface area contributed by atoms with Crippen LogP contribution in [-0.4, -0.2) is 17.3 Å². The van der Waals surface area contributed by atoms with Gasteiger partial charge in [0, 0.05) is 10.1 Å². The van der Waals surface area contributed by atoms with Crippen molar-refractivity contribution < 1.29 is 4.79 Å². The predicted molar refractivity (Wildman–Crippen MR) is 89.4 cm³/mol. The maximum absolute atomic E-state index is 12.4. The maximum atomic E-state index is 12.4. The van der Waals surface area contributed by atoms with Gasteiger partial charge in [-0.3, -0.25) is 4.79 Å². The highest BCUT2D eigenvalue weighted by Gasteiger charge is 2.49. The first-order valence-electron chi connectivity index (χ1n) is 6.83. The molecule has 0 aliphatic carbocycles. The molecule has 5 heteroatoms. The third-order valence-electron chi connectivity index (χ3n) is 4.22. The largest absolute Gasteiger partial charge is 0.308 e. The van der Waals surface area contributed by atoms with Gasteiger partial charge in [0.2, 0.25) is 0 Å². The fraction of sp³-hybridized carbons (Fsp3) is 0.375. The molecule has 3 rings (SSSR count). The molecular formula is C16H17ClN2OS. The molecule has 0 saturated heterocycles. The number of nitrogens with zero attached hydrogens (tertiary/aromatic N) is 1. The van der Waals surface area contributed by atoms with Crippen LogP contribution in [0, 0.1) is 5.41 Å². The van der Waals surface area contributed by atoms with E-state index in [9.17, 15) is 4.79 Å². The first-order valence-corrected chi connectivity index (χ1v) is 8.02. The van der Waals surface area contributed by atoms with Crippen molar-refractivity contribution in [3.63, 3.8) is 0 Å². The molecule has 1 aromatic heterocycles. The third kappa shape index (κ3) is 2.09. The predicted octanol–water partition coefficient (Wildman–Crippen LogP) is 4.24. The average Bonchev–Trinajstić information content (AvgIpc) is 2.89. The van der Waals surface area contributed by atoms with E-state index in [1.165, 1.54) is 0 Å². The number of aliphatic imine (C=N–C) groups is 1. The number of thiophene rings is 1. The lowest BCUT2D eigenvalue weighted by Crippen LogP contribution is -2.46. The lowest BCUT2D eigenvalue weighted by molar-refractivity contribution is -0.126. The summed E-state index contributed by atoms with van der Waals surface area (Å²) in [5, 5.41) is 4.57. The fourth-order valence-corrected chi connectivity index (χ4v) is 3.78. The van der Waals surface area contributed by atoms with Crippen LogP contribution in [0.2, 0.25) is 5.02 Å². The summed E-state index contributed by atoms with van der Waals surface area (Å²) >= 11 is 8.03. The molecule has 1 N–H and O–H groups in total. The van der Waals surface area contributed by atoms with Gasteiger partial charge in [-0.15, -0.1) is 11.3 Å². The van der Waals surface area contributed by atoms with Gasteiger partial charge in [0.15, 0.2) is 0 Å². The van der Waals surface area contributed by atoms with Crippen LogP contribution < -0.4 is 5.32 Å². The van der Waals surface area contributed by atoms with E-state index in [1.807, 2.05) is 52.0 Å². The number of rotatable bonds is 1. The summed E-state index contributed by atoms with van der Waals surface area (Å²) in [7, 11) is 0. The number of hydrogen-bond donors (Lipinski definition) is 1. The van der Waals surface area contributed by atoms with Gasteiger partial charge < -0.3 is 5.32 Å². The van der Waals surface area contributed by atoms with E-state index in [0.29, 0.717) is 10.9 Å². The molecule has 0 bridgehead atoms. The third-order valence-corrected chi connectivity index (χ3v) is 5.90. The van der Waals surface area contributed by atoms with Crippen LogP contribution in [0.4, 0.5) is 0 Å². The van der Waals surface area contributed by atoms with E-state index in [-0.39, 0.29) is 11.3 Å². The average molecular weight is 321 g/mol. The highest BCUT2D eigenvalue weighted by Crippen LogP contribution is 2.40. The van der Waals surface area contributed by atoms with Gasteiger partial charge in [-0.25, -0.2) is 4.99 Å². The Balaban J connectivity index is 2.14. The number of fused-ring (bicyclic) bond motifs is 1. The molecule has 3 nitrogen and oxygen atoms in total. The standard InChI is InChI=1S/C16H17ClN2OS/c1-15(2,3)16(4)14(20)18-13(19-16)12-11(17)9-7-5-6-8-10(9)21-12/h5-8H,1-4H3,(H,18,19,20). The highest BCUT2D eigenvalue weighted by molar-refractivity contribution is 7.21. The summed E-state index contributed by atoms with van der Waals surface area (Å²) in [5.41, 5.74) is -1.04. The minimum Gasteiger partial charge on any atom is -0.308 e. The summed E-state index contributed by atoms with van der Waals surface area (Å²) < 4.78 is 1.10. The van der Waals surface area contributed by atoms with Crippen LogP contribution in [0.3, 0.4) is 0 Å². The Morgan fingerprint density at radius 1 is 1.29 bits per heavy atom. The van der Waals surface area contributed by atoms with Crippen LogP contribution in [0.25, 0.3) is 10.1 Å². The zero-order valence-electron chi connectivity index (χ0n) is 12.5. The molecule has 21 heavy (non-hydrogen) atoms. The quantitative estimate of drug-likeness (QED) is 0.839. The van der Waals surface area contributed by atoms with Crippen LogP contribution in [0.5, 0.6) is 0 Å². The Kier molecular flexibility index (Phi) is 3.15. The molecule has 1 aliphatic heterocycles. The van der Waals surface area contributed by atoms with Crippen molar-refractivity contribution >= 4 is 44.8 Å². The SMILES string of the molecule is CC(C)(C)C1(C)N=C(c2sc3ccccc3c2Cl)NC1=O. The van der Waals surface area contributed by atoms with E-state index < -0.39 is 5.54 Å². The molecule has 1 aliphatic rings. The van der Waals surface area contributed by atoms with Crippen molar-refractivity contribution in [3.05, 3.63) is 34.2 Å². The van der Waals surface area contributed by atoms with Crippen LogP contribution in [0.15, 0.2) is 29.3 Å². The first kappa shape index (κ1) is 14.5. The summed E-state index contributed by atoms with van der Waals surface area (Å²) in [6, 6.07) is 7.94. The van der Waals surface area contributed by atoms with E-state index >= 15 is 0 Å². The second kappa shape index (κ2) is 4.55. The molecular weight excluding hydrogens is 304 g/mol. The van der Waals surface area contributed by atoms with Crippen LogP contribution in [-0.2, 0) is 4.79 Å².